The summed E-state index contributed by atoms with van der Waals surface area (Å²) in [5.41, 5.74) is 0.214. The fraction of sp³-hybridized carbons (Fsp3) is 0.176. The molecule has 1 aromatic heterocycles. The van der Waals surface area contributed by atoms with Gasteiger partial charge >= 0.3 is 6.18 Å². The van der Waals surface area contributed by atoms with Crippen LogP contribution in [-0.2, 0) is 28.5 Å². The molecule has 0 fully saturated rings. The molecule has 2 aromatic carbocycles. The lowest BCUT2D eigenvalue weighted by Crippen LogP contribution is -2.16. The minimum Gasteiger partial charge on any atom is -0.250 e. The van der Waals surface area contributed by atoms with Crippen molar-refractivity contribution in [2.75, 3.05) is 4.72 Å². The standard InChI is InChI=1S/C17H15F3N4O2S/c18-17(19,20)15-8-4-7-14(9-15)10-24-12-21-16(22-24)23-27(25,26)11-13-5-2-1-3-6-13/h1-9,12H,10-11H2,(H,22,23). The van der Waals surface area contributed by atoms with Gasteiger partial charge in [0.2, 0.25) is 10.0 Å². The summed E-state index contributed by atoms with van der Waals surface area (Å²) in [7, 11) is -3.71. The Hall–Kier alpha value is -2.88. The van der Waals surface area contributed by atoms with E-state index in [0.29, 0.717) is 11.1 Å². The number of hydrogen-bond donors (Lipinski definition) is 1. The van der Waals surface area contributed by atoms with Crippen molar-refractivity contribution in [1.82, 2.24) is 14.8 Å². The fourth-order valence-corrected chi connectivity index (χ4v) is 3.49. The zero-order valence-electron chi connectivity index (χ0n) is 13.9. The molecule has 0 amide bonds. The minimum atomic E-state index is -4.43. The molecule has 0 saturated heterocycles. The van der Waals surface area contributed by atoms with E-state index in [1.807, 2.05) is 0 Å². The highest BCUT2D eigenvalue weighted by Gasteiger charge is 2.30. The highest BCUT2D eigenvalue weighted by Crippen LogP contribution is 2.29. The molecule has 0 aliphatic carbocycles. The van der Waals surface area contributed by atoms with Crippen LogP contribution >= 0.6 is 0 Å². The van der Waals surface area contributed by atoms with E-state index < -0.39 is 21.8 Å². The zero-order valence-corrected chi connectivity index (χ0v) is 14.7. The summed E-state index contributed by atoms with van der Waals surface area (Å²) in [6.07, 6.45) is -3.18. The molecule has 142 valence electrons. The third kappa shape index (κ3) is 5.30. The number of hydrogen-bond acceptors (Lipinski definition) is 4. The molecular formula is C17H15F3N4O2S. The molecule has 6 nitrogen and oxygen atoms in total. The van der Waals surface area contributed by atoms with Crippen molar-refractivity contribution in [2.45, 2.75) is 18.5 Å². The van der Waals surface area contributed by atoms with Gasteiger partial charge in [0.25, 0.3) is 5.95 Å². The van der Waals surface area contributed by atoms with Gasteiger partial charge in [0.1, 0.15) is 6.33 Å². The Kier molecular flexibility index (Phi) is 5.17. The van der Waals surface area contributed by atoms with Crippen LogP contribution in [0.25, 0.3) is 0 Å². The van der Waals surface area contributed by atoms with Crippen LogP contribution in [0.1, 0.15) is 16.7 Å². The SMILES string of the molecule is O=S(=O)(Cc1ccccc1)Nc1ncn(Cc2cccc(C(F)(F)F)c2)n1. The van der Waals surface area contributed by atoms with E-state index in [1.54, 1.807) is 30.3 Å². The van der Waals surface area contributed by atoms with Crippen LogP contribution in [-0.4, -0.2) is 23.2 Å². The van der Waals surface area contributed by atoms with Crippen LogP contribution < -0.4 is 4.72 Å². The lowest BCUT2D eigenvalue weighted by Gasteiger charge is -2.08. The van der Waals surface area contributed by atoms with E-state index in [9.17, 15) is 21.6 Å². The number of sulfonamides is 1. The molecule has 3 aromatic rings. The first-order chi connectivity index (χ1) is 12.7. The highest BCUT2D eigenvalue weighted by molar-refractivity contribution is 7.91. The fourth-order valence-electron chi connectivity index (χ4n) is 2.42. The first kappa shape index (κ1) is 18.9. The Morgan fingerprint density at radius 3 is 2.41 bits per heavy atom. The number of nitrogens with zero attached hydrogens (tertiary/aromatic N) is 3. The van der Waals surface area contributed by atoms with Gasteiger partial charge in [0, 0.05) is 0 Å². The predicted octanol–water partition coefficient (Wildman–Crippen LogP) is 3.29. The van der Waals surface area contributed by atoms with E-state index in [1.165, 1.54) is 23.1 Å². The van der Waals surface area contributed by atoms with Gasteiger partial charge in [-0.2, -0.15) is 18.2 Å². The Balaban J connectivity index is 1.68. The van der Waals surface area contributed by atoms with Crippen LogP contribution in [0.2, 0.25) is 0 Å². The highest BCUT2D eigenvalue weighted by atomic mass is 32.2. The molecule has 0 aliphatic heterocycles. The number of aromatic nitrogens is 3. The number of alkyl halides is 3. The van der Waals surface area contributed by atoms with Crippen molar-refractivity contribution in [2.24, 2.45) is 0 Å². The topological polar surface area (TPSA) is 76.9 Å². The largest absolute Gasteiger partial charge is 0.416 e. The Bertz CT molecular complexity index is 1020. The molecule has 1 N–H and O–H groups in total. The van der Waals surface area contributed by atoms with Crippen molar-refractivity contribution >= 4 is 16.0 Å². The molecule has 0 bridgehead atoms. The molecule has 0 aliphatic rings. The molecule has 27 heavy (non-hydrogen) atoms. The van der Waals surface area contributed by atoms with Gasteiger partial charge in [-0.3, -0.25) is 0 Å². The summed E-state index contributed by atoms with van der Waals surface area (Å²) in [5, 5.41) is 3.96. The van der Waals surface area contributed by atoms with E-state index in [2.05, 4.69) is 14.8 Å². The summed E-state index contributed by atoms with van der Waals surface area (Å²) in [6.45, 7) is 0.0251. The molecule has 0 spiro atoms. The summed E-state index contributed by atoms with van der Waals surface area (Å²) in [4.78, 5) is 3.85. The molecule has 0 radical (unpaired) electrons. The number of rotatable bonds is 6. The van der Waals surface area contributed by atoms with Gasteiger partial charge in [-0.15, -0.1) is 5.10 Å². The molecule has 0 unspecified atom stereocenters. The Morgan fingerprint density at radius 1 is 1.00 bits per heavy atom. The second-order valence-electron chi connectivity index (χ2n) is 5.81. The van der Waals surface area contributed by atoms with Gasteiger partial charge < -0.3 is 0 Å². The summed E-state index contributed by atoms with van der Waals surface area (Å²) in [6, 6.07) is 13.4. The maximum absolute atomic E-state index is 12.8. The quantitative estimate of drug-likeness (QED) is 0.694. The maximum Gasteiger partial charge on any atom is 0.416 e. The smallest absolute Gasteiger partial charge is 0.250 e. The molecule has 1 heterocycles. The first-order valence-corrected chi connectivity index (χ1v) is 9.46. The van der Waals surface area contributed by atoms with Crippen LogP contribution in [0.3, 0.4) is 0 Å². The average Bonchev–Trinajstić information content (AvgIpc) is 3.01. The molecule has 3 rings (SSSR count). The van der Waals surface area contributed by atoms with E-state index in [0.717, 1.165) is 12.1 Å². The van der Waals surface area contributed by atoms with Crippen molar-refractivity contribution in [3.63, 3.8) is 0 Å². The molecular weight excluding hydrogens is 381 g/mol. The lowest BCUT2D eigenvalue weighted by atomic mass is 10.1. The van der Waals surface area contributed by atoms with Gasteiger partial charge in [-0.25, -0.2) is 17.8 Å². The van der Waals surface area contributed by atoms with Crippen molar-refractivity contribution < 1.29 is 21.6 Å². The molecule has 0 atom stereocenters. The lowest BCUT2D eigenvalue weighted by molar-refractivity contribution is -0.137. The second-order valence-corrected chi connectivity index (χ2v) is 7.53. The maximum atomic E-state index is 12.8. The summed E-state index contributed by atoms with van der Waals surface area (Å²) in [5.74, 6) is -0.381. The number of anilines is 1. The van der Waals surface area contributed by atoms with E-state index in [4.69, 9.17) is 0 Å². The minimum absolute atomic E-state index is 0.0251. The third-order valence-corrected chi connectivity index (χ3v) is 4.79. The van der Waals surface area contributed by atoms with Crippen LogP contribution in [0.5, 0.6) is 0 Å². The Labute approximate surface area is 153 Å². The van der Waals surface area contributed by atoms with Crippen LogP contribution in [0.15, 0.2) is 60.9 Å². The first-order valence-electron chi connectivity index (χ1n) is 7.81. The number of halogens is 3. The normalized spacial score (nSPS) is 12.1. The van der Waals surface area contributed by atoms with E-state index >= 15 is 0 Å². The van der Waals surface area contributed by atoms with Gasteiger partial charge in [-0.1, -0.05) is 42.5 Å². The number of nitrogens with one attached hydrogen (secondary N) is 1. The predicted molar refractivity (Wildman–Crippen MR) is 93.3 cm³/mol. The van der Waals surface area contributed by atoms with Crippen LogP contribution in [0, 0.1) is 0 Å². The van der Waals surface area contributed by atoms with Gasteiger partial charge in [0.05, 0.1) is 17.9 Å². The van der Waals surface area contributed by atoms with Gasteiger partial charge in [0.15, 0.2) is 0 Å². The third-order valence-electron chi connectivity index (χ3n) is 3.58. The van der Waals surface area contributed by atoms with Crippen LogP contribution in [0.4, 0.5) is 19.1 Å². The van der Waals surface area contributed by atoms with Crippen molar-refractivity contribution in [3.05, 3.63) is 77.6 Å². The monoisotopic (exact) mass is 396 g/mol. The van der Waals surface area contributed by atoms with Gasteiger partial charge in [-0.05, 0) is 23.3 Å². The zero-order chi connectivity index (χ0) is 19.5. The second kappa shape index (κ2) is 7.39. The van der Waals surface area contributed by atoms with Crippen molar-refractivity contribution in [1.29, 1.82) is 0 Å². The number of benzene rings is 2. The average molecular weight is 396 g/mol. The molecule has 10 heteroatoms. The summed E-state index contributed by atoms with van der Waals surface area (Å²) < 4.78 is 66.1. The Morgan fingerprint density at radius 2 is 1.70 bits per heavy atom. The molecule has 0 saturated carbocycles. The summed E-state index contributed by atoms with van der Waals surface area (Å²) >= 11 is 0. The van der Waals surface area contributed by atoms with Crippen molar-refractivity contribution in [3.8, 4) is 0 Å². The van der Waals surface area contributed by atoms with E-state index in [-0.39, 0.29) is 18.2 Å².